The van der Waals surface area contributed by atoms with E-state index in [1.165, 1.54) is 10.5 Å². The van der Waals surface area contributed by atoms with Crippen LogP contribution in [0.15, 0.2) is 90.0 Å². The van der Waals surface area contributed by atoms with Gasteiger partial charge >= 0.3 is 0 Å². The van der Waals surface area contributed by atoms with Gasteiger partial charge in [0, 0.05) is 34.2 Å². The second kappa shape index (κ2) is 11.1. The van der Waals surface area contributed by atoms with Crippen LogP contribution in [0.3, 0.4) is 0 Å². The number of benzene rings is 3. The van der Waals surface area contributed by atoms with E-state index in [1.807, 2.05) is 66.9 Å². The van der Waals surface area contributed by atoms with Crippen molar-refractivity contribution in [3.05, 3.63) is 106 Å². The predicted molar refractivity (Wildman–Crippen MR) is 146 cm³/mol. The Bertz CT molecular complexity index is 1410. The summed E-state index contributed by atoms with van der Waals surface area (Å²) in [6.07, 6.45) is 5.41. The van der Waals surface area contributed by atoms with E-state index in [1.54, 1.807) is 12.1 Å². The minimum absolute atomic E-state index is 0.209. The predicted octanol–water partition coefficient (Wildman–Crippen LogP) is 7.04. The van der Waals surface area contributed by atoms with Crippen LogP contribution < -0.4 is 4.74 Å². The standard InChI is InChI=1S/C29H25ClN2O3S/c30-23-12-14-24(15-13-23)35-18-17-31-20-22(25-10-4-5-11-26(25)31)19-27-28(33)32(29(34)36-27)16-6-9-21-7-2-1-3-8-21/h1-5,7-8,10-15,19-20H,6,9,16-18H2/b27-19-. The first-order chi connectivity index (χ1) is 17.6. The molecule has 0 atom stereocenters. The van der Waals surface area contributed by atoms with Crippen LogP contribution in [0.25, 0.3) is 17.0 Å². The van der Waals surface area contributed by atoms with Crippen molar-refractivity contribution in [2.75, 3.05) is 13.2 Å². The summed E-state index contributed by atoms with van der Waals surface area (Å²) in [5, 5.41) is 1.49. The SMILES string of the molecule is O=C1S/C(=C\c2cn(CCOc3ccc(Cl)cc3)c3ccccc23)C(=O)N1CCCc1ccccc1. The van der Waals surface area contributed by atoms with Crippen LogP contribution in [-0.4, -0.2) is 33.8 Å². The average Bonchev–Trinajstić information content (AvgIpc) is 3.38. The number of aryl methyl sites for hydroxylation is 1. The Labute approximate surface area is 219 Å². The third-order valence-corrected chi connectivity index (χ3v) is 7.24. The molecule has 3 aromatic carbocycles. The third-order valence-electron chi connectivity index (χ3n) is 6.08. The molecule has 1 aliphatic rings. The number of thioether (sulfide) groups is 1. The second-order valence-corrected chi connectivity index (χ2v) is 9.95. The highest BCUT2D eigenvalue weighted by Crippen LogP contribution is 2.34. The van der Waals surface area contributed by atoms with E-state index < -0.39 is 0 Å². The molecule has 1 aromatic heterocycles. The zero-order valence-corrected chi connectivity index (χ0v) is 21.2. The summed E-state index contributed by atoms with van der Waals surface area (Å²) in [5.41, 5.74) is 3.16. The summed E-state index contributed by atoms with van der Waals surface area (Å²) in [6.45, 7) is 1.54. The van der Waals surface area contributed by atoms with Crippen molar-refractivity contribution in [2.24, 2.45) is 0 Å². The Hall–Kier alpha value is -3.48. The Kier molecular flexibility index (Phi) is 7.44. The zero-order chi connectivity index (χ0) is 24.9. The van der Waals surface area contributed by atoms with E-state index in [4.69, 9.17) is 16.3 Å². The van der Waals surface area contributed by atoms with Crippen LogP contribution in [0.5, 0.6) is 5.75 Å². The lowest BCUT2D eigenvalue weighted by molar-refractivity contribution is -0.122. The lowest BCUT2D eigenvalue weighted by Crippen LogP contribution is -2.29. The molecule has 0 radical (unpaired) electrons. The number of hydrogen-bond donors (Lipinski definition) is 0. The molecule has 7 heteroatoms. The van der Waals surface area contributed by atoms with Gasteiger partial charge in [0.15, 0.2) is 0 Å². The van der Waals surface area contributed by atoms with Crippen molar-refractivity contribution >= 4 is 51.5 Å². The molecule has 1 saturated heterocycles. The highest BCUT2D eigenvalue weighted by molar-refractivity contribution is 8.18. The fourth-order valence-electron chi connectivity index (χ4n) is 4.29. The first kappa shape index (κ1) is 24.2. The molecule has 1 aliphatic heterocycles. The highest BCUT2D eigenvalue weighted by Gasteiger charge is 2.34. The molecule has 0 saturated carbocycles. The first-order valence-corrected chi connectivity index (χ1v) is 13.0. The quantitative estimate of drug-likeness (QED) is 0.224. The summed E-state index contributed by atoms with van der Waals surface area (Å²) in [5.74, 6) is 0.540. The smallest absolute Gasteiger partial charge is 0.293 e. The van der Waals surface area contributed by atoms with Gasteiger partial charge < -0.3 is 9.30 Å². The van der Waals surface area contributed by atoms with E-state index in [0.29, 0.717) is 29.6 Å². The van der Waals surface area contributed by atoms with Crippen LogP contribution in [0.1, 0.15) is 17.5 Å². The Morgan fingerprint density at radius 3 is 2.44 bits per heavy atom. The van der Waals surface area contributed by atoms with Gasteiger partial charge in [-0.05, 0) is 66.6 Å². The van der Waals surface area contributed by atoms with E-state index in [9.17, 15) is 9.59 Å². The van der Waals surface area contributed by atoms with E-state index in [-0.39, 0.29) is 11.1 Å². The number of carbonyl (C=O) groups excluding carboxylic acids is 2. The highest BCUT2D eigenvalue weighted by atomic mass is 35.5. The molecule has 0 bridgehead atoms. The molecule has 36 heavy (non-hydrogen) atoms. The fraction of sp³-hybridized carbons (Fsp3) is 0.172. The Morgan fingerprint density at radius 1 is 0.889 bits per heavy atom. The maximum absolute atomic E-state index is 13.0. The van der Waals surface area contributed by atoms with E-state index in [0.717, 1.165) is 46.8 Å². The molecular weight excluding hydrogens is 492 g/mol. The van der Waals surface area contributed by atoms with Crippen molar-refractivity contribution in [2.45, 2.75) is 19.4 Å². The summed E-state index contributed by atoms with van der Waals surface area (Å²) in [7, 11) is 0. The van der Waals surface area contributed by atoms with E-state index >= 15 is 0 Å². The normalized spacial score (nSPS) is 14.8. The molecule has 0 spiro atoms. The number of hydrogen-bond acceptors (Lipinski definition) is 4. The van der Waals surface area contributed by atoms with Gasteiger partial charge in [-0.25, -0.2) is 0 Å². The third kappa shape index (κ3) is 5.50. The minimum atomic E-state index is -0.221. The molecule has 0 N–H and O–H groups in total. The number of rotatable bonds is 9. The van der Waals surface area contributed by atoms with Crippen LogP contribution in [0.2, 0.25) is 5.02 Å². The average molecular weight is 517 g/mol. The van der Waals surface area contributed by atoms with Gasteiger partial charge in [0.25, 0.3) is 11.1 Å². The van der Waals surface area contributed by atoms with Crippen LogP contribution in [0.4, 0.5) is 4.79 Å². The maximum atomic E-state index is 13.0. The summed E-state index contributed by atoms with van der Waals surface area (Å²) >= 11 is 6.95. The van der Waals surface area contributed by atoms with Gasteiger partial charge in [-0.15, -0.1) is 0 Å². The molecule has 5 nitrogen and oxygen atoms in total. The molecule has 182 valence electrons. The Morgan fingerprint density at radius 2 is 1.64 bits per heavy atom. The van der Waals surface area contributed by atoms with Gasteiger partial charge in [0.1, 0.15) is 12.4 Å². The zero-order valence-electron chi connectivity index (χ0n) is 19.6. The van der Waals surface area contributed by atoms with Crippen LogP contribution >= 0.6 is 23.4 Å². The Balaban J connectivity index is 1.28. The topological polar surface area (TPSA) is 51.5 Å². The number of fused-ring (bicyclic) bond motifs is 1. The monoisotopic (exact) mass is 516 g/mol. The van der Waals surface area contributed by atoms with Gasteiger partial charge in [0.2, 0.25) is 0 Å². The summed E-state index contributed by atoms with van der Waals surface area (Å²) in [4.78, 5) is 27.4. The largest absolute Gasteiger partial charge is 0.492 e. The molecule has 4 aromatic rings. The number of para-hydroxylation sites is 1. The summed E-state index contributed by atoms with van der Waals surface area (Å²) < 4.78 is 7.98. The molecular formula is C29H25ClN2O3S. The number of nitrogens with zero attached hydrogens (tertiary/aromatic N) is 2. The van der Waals surface area contributed by atoms with Gasteiger partial charge in [-0.2, -0.15) is 0 Å². The second-order valence-electron chi connectivity index (χ2n) is 8.52. The van der Waals surface area contributed by atoms with Crippen molar-refractivity contribution in [3.63, 3.8) is 0 Å². The molecule has 2 amide bonds. The number of ether oxygens (including phenoxy) is 1. The molecule has 1 fully saturated rings. The fourth-order valence-corrected chi connectivity index (χ4v) is 5.27. The number of aromatic nitrogens is 1. The lowest BCUT2D eigenvalue weighted by atomic mass is 10.1. The molecule has 0 unspecified atom stereocenters. The number of imide groups is 1. The van der Waals surface area contributed by atoms with Crippen molar-refractivity contribution in [3.8, 4) is 5.75 Å². The minimum Gasteiger partial charge on any atom is -0.492 e. The van der Waals surface area contributed by atoms with Gasteiger partial charge in [-0.1, -0.05) is 60.1 Å². The lowest BCUT2D eigenvalue weighted by Gasteiger charge is -2.12. The van der Waals surface area contributed by atoms with Gasteiger partial charge in [-0.3, -0.25) is 14.5 Å². The van der Waals surface area contributed by atoms with E-state index in [2.05, 4.69) is 16.7 Å². The first-order valence-electron chi connectivity index (χ1n) is 11.8. The number of halogens is 1. The van der Waals surface area contributed by atoms with Crippen molar-refractivity contribution in [1.82, 2.24) is 9.47 Å². The van der Waals surface area contributed by atoms with Gasteiger partial charge in [0.05, 0.1) is 11.4 Å². The maximum Gasteiger partial charge on any atom is 0.293 e. The molecule has 2 heterocycles. The van der Waals surface area contributed by atoms with Crippen molar-refractivity contribution in [1.29, 1.82) is 0 Å². The number of amides is 2. The van der Waals surface area contributed by atoms with Crippen molar-refractivity contribution < 1.29 is 14.3 Å². The molecule has 5 rings (SSSR count). The molecule has 0 aliphatic carbocycles. The number of carbonyl (C=O) groups is 2. The van der Waals surface area contributed by atoms with Crippen LogP contribution in [0, 0.1) is 0 Å². The van der Waals surface area contributed by atoms with Crippen LogP contribution in [-0.2, 0) is 17.8 Å². The summed E-state index contributed by atoms with van der Waals surface area (Å²) in [6, 6.07) is 25.4.